The first-order chi connectivity index (χ1) is 14.1. The van der Waals surface area contributed by atoms with Crippen LogP contribution in [0.5, 0.6) is 11.5 Å². The van der Waals surface area contributed by atoms with Crippen molar-refractivity contribution >= 4 is 16.9 Å². The van der Waals surface area contributed by atoms with Crippen molar-refractivity contribution in [3.05, 3.63) is 40.7 Å². The minimum Gasteiger partial charge on any atom is -0.493 e. The topological polar surface area (TPSA) is 85.3 Å². The standard InChI is InChI=1S/C21H27N5O3/c1-14-18-16(12-17(28-2)19(14)29-3)23-21(24-20(18)27)26-9-5-15(6-10-26)4-8-25-11-7-22-13-25/h7,11-13,15H,4-6,8-10H2,1-3H3,(H,23,24,27). The molecule has 0 radical (unpaired) electrons. The van der Waals surface area contributed by atoms with Crippen LogP contribution >= 0.6 is 0 Å². The lowest BCUT2D eigenvalue weighted by Gasteiger charge is -2.32. The molecule has 1 N–H and O–H groups in total. The van der Waals surface area contributed by atoms with Gasteiger partial charge < -0.3 is 23.9 Å². The van der Waals surface area contributed by atoms with Crippen LogP contribution in [0.3, 0.4) is 0 Å². The number of aryl methyl sites for hydroxylation is 2. The van der Waals surface area contributed by atoms with Crippen molar-refractivity contribution < 1.29 is 9.47 Å². The van der Waals surface area contributed by atoms with Gasteiger partial charge in [0.1, 0.15) is 0 Å². The molecule has 0 amide bonds. The highest BCUT2D eigenvalue weighted by Gasteiger charge is 2.22. The number of fused-ring (bicyclic) bond motifs is 1. The summed E-state index contributed by atoms with van der Waals surface area (Å²) in [6.45, 7) is 4.62. The molecule has 0 aliphatic carbocycles. The van der Waals surface area contributed by atoms with Gasteiger partial charge in [-0.25, -0.2) is 4.98 Å². The maximum atomic E-state index is 12.8. The SMILES string of the molecule is COc1cc2[nH]c(N3CCC(CCn4ccnc4)CC3)nc(=O)c2c(C)c1OC. The Hall–Kier alpha value is -3.03. The van der Waals surface area contributed by atoms with E-state index in [1.165, 1.54) is 0 Å². The predicted molar refractivity (Wildman–Crippen MR) is 112 cm³/mol. The molecule has 2 aromatic heterocycles. The molecule has 8 heteroatoms. The molecule has 0 saturated carbocycles. The number of nitrogens with one attached hydrogen (secondary N) is 1. The summed E-state index contributed by atoms with van der Waals surface area (Å²) in [5.74, 6) is 2.47. The smallest absolute Gasteiger partial charge is 0.282 e. The van der Waals surface area contributed by atoms with Crippen LogP contribution in [0, 0.1) is 12.8 Å². The number of methoxy groups -OCH3 is 2. The van der Waals surface area contributed by atoms with Gasteiger partial charge in [0.15, 0.2) is 11.5 Å². The van der Waals surface area contributed by atoms with Gasteiger partial charge in [0.2, 0.25) is 5.95 Å². The zero-order valence-corrected chi connectivity index (χ0v) is 17.1. The molecule has 3 aromatic rings. The van der Waals surface area contributed by atoms with Crippen molar-refractivity contribution in [1.29, 1.82) is 0 Å². The molecule has 1 aromatic carbocycles. The summed E-state index contributed by atoms with van der Waals surface area (Å²) in [5.41, 5.74) is 1.21. The summed E-state index contributed by atoms with van der Waals surface area (Å²) >= 11 is 0. The Morgan fingerprint density at radius 3 is 2.69 bits per heavy atom. The number of piperidine rings is 1. The highest BCUT2D eigenvalue weighted by atomic mass is 16.5. The summed E-state index contributed by atoms with van der Waals surface area (Å²) in [4.78, 5) is 26.7. The number of hydrogen-bond donors (Lipinski definition) is 1. The monoisotopic (exact) mass is 397 g/mol. The van der Waals surface area contributed by atoms with E-state index in [9.17, 15) is 4.79 Å². The van der Waals surface area contributed by atoms with Gasteiger partial charge in [-0.2, -0.15) is 4.98 Å². The maximum Gasteiger partial charge on any atom is 0.282 e. The van der Waals surface area contributed by atoms with E-state index in [4.69, 9.17) is 9.47 Å². The normalized spacial score (nSPS) is 15.1. The summed E-state index contributed by atoms with van der Waals surface area (Å²) in [5, 5.41) is 0.543. The molecular weight excluding hydrogens is 370 g/mol. The van der Waals surface area contributed by atoms with E-state index in [0.717, 1.165) is 50.0 Å². The lowest BCUT2D eigenvalue weighted by Crippen LogP contribution is -2.36. The molecule has 0 unspecified atom stereocenters. The largest absolute Gasteiger partial charge is 0.493 e. The van der Waals surface area contributed by atoms with Gasteiger partial charge >= 0.3 is 0 Å². The molecule has 0 spiro atoms. The van der Waals surface area contributed by atoms with Gasteiger partial charge in [0.05, 0.1) is 31.4 Å². The fraction of sp³-hybridized carbons (Fsp3) is 0.476. The number of hydrogen-bond acceptors (Lipinski definition) is 6. The van der Waals surface area contributed by atoms with Gasteiger partial charge in [-0.1, -0.05) is 0 Å². The molecule has 0 atom stereocenters. The zero-order valence-electron chi connectivity index (χ0n) is 17.1. The summed E-state index contributed by atoms with van der Waals surface area (Å²) < 4.78 is 13.0. The fourth-order valence-electron chi connectivity index (χ4n) is 4.18. The summed E-state index contributed by atoms with van der Waals surface area (Å²) in [6.07, 6.45) is 9.00. The summed E-state index contributed by atoms with van der Waals surface area (Å²) in [6, 6.07) is 1.81. The highest BCUT2D eigenvalue weighted by Crippen LogP contribution is 2.35. The Kier molecular flexibility index (Phi) is 5.42. The molecular formula is C21H27N5O3. The predicted octanol–water partition coefficient (Wildman–Crippen LogP) is 2.75. The molecule has 3 heterocycles. The number of aromatic amines is 1. The first-order valence-electron chi connectivity index (χ1n) is 9.97. The van der Waals surface area contributed by atoms with E-state index in [1.54, 1.807) is 14.2 Å². The van der Waals surface area contributed by atoms with Crippen molar-refractivity contribution in [2.45, 2.75) is 32.7 Å². The number of benzene rings is 1. The number of imidazole rings is 1. The lowest BCUT2D eigenvalue weighted by atomic mass is 9.93. The molecule has 8 nitrogen and oxygen atoms in total. The lowest BCUT2D eigenvalue weighted by molar-refractivity contribution is 0.353. The van der Waals surface area contributed by atoms with E-state index in [-0.39, 0.29) is 5.56 Å². The zero-order chi connectivity index (χ0) is 20.4. The van der Waals surface area contributed by atoms with E-state index >= 15 is 0 Å². The molecule has 154 valence electrons. The second kappa shape index (κ2) is 8.14. The molecule has 4 rings (SSSR count). The average molecular weight is 397 g/mol. The molecule has 1 saturated heterocycles. The number of aromatic nitrogens is 4. The van der Waals surface area contributed by atoms with Crippen LogP contribution in [-0.4, -0.2) is 46.8 Å². The van der Waals surface area contributed by atoms with Crippen LogP contribution in [0.25, 0.3) is 10.9 Å². The summed E-state index contributed by atoms with van der Waals surface area (Å²) in [7, 11) is 3.17. The number of rotatable bonds is 6. The minimum absolute atomic E-state index is 0.241. The third-order valence-corrected chi connectivity index (χ3v) is 5.84. The van der Waals surface area contributed by atoms with Crippen molar-refractivity contribution in [3.63, 3.8) is 0 Å². The number of H-pyrrole nitrogens is 1. The van der Waals surface area contributed by atoms with Gasteiger partial charge in [-0.15, -0.1) is 0 Å². The van der Waals surface area contributed by atoms with Crippen molar-refractivity contribution in [2.75, 3.05) is 32.2 Å². The van der Waals surface area contributed by atoms with Crippen molar-refractivity contribution in [1.82, 2.24) is 19.5 Å². The highest BCUT2D eigenvalue weighted by molar-refractivity contribution is 5.86. The molecule has 1 fully saturated rings. The van der Waals surface area contributed by atoms with E-state index < -0.39 is 0 Å². The second-order valence-corrected chi connectivity index (χ2v) is 7.54. The third-order valence-electron chi connectivity index (χ3n) is 5.84. The molecule has 0 bridgehead atoms. The quantitative estimate of drug-likeness (QED) is 0.688. The van der Waals surface area contributed by atoms with Gasteiger partial charge in [-0.3, -0.25) is 4.79 Å². The van der Waals surface area contributed by atoms with Crippen LogP contribution in [0.1, 0.15) is 24.8 Å². The Morgan fingerprint density at radius 2 is 2.03 bits per heavy atom. The van der Waals surface area contributed by atoms with E-state index in [1.807, 2.05) is 31.7 Å². The maximum absolute atomic E-state index is 12.8. The number of nitrogens with zero attached hydrogens (tertiary/aromatic N) is 4. The molecule has 1 aliphatic heterocycles. The van der Waals surface area contributed by atoms with E-state index in [2.05, 4.69) is 24.4 Å². The van der Waals surface area contributed by atoms with Gasteiger partial charge in [0, 0.05) is 43.7 Å². The third kappa shape index (κ3) is 3.79. The number of ether oxygens (including phenoxy) is 2. The van der Waals surface area contributed by atoms with Crippen LogP contribution in [0.15, 0.2) is 29.6 Å². The van der Waals surface area contributed by atoms with E-state index in [0.29, 0.717) is 28.8 Å². The number of anilines is 1. The van der Waals surface area contributed by atoms with Crippen molar-refractivity contribution in [3.8, 4) is 11.5 Å². The van der Waals surface area contributed by atoms with Gasteiger partial charge in [0.25, 0.3) is 5.56 Å². The minimum atomic E-state index is -0.241. The average Bonchev–Trinajstić information content (AvgIpc) is 3.25. The Bertz CT molecular complexity index is 1040. The second-order valence-electron chi connectivity index (χ2n) is 7.54. The van der Waals surface area contributed by atoms with Crippen LogP contribution in [-0.2, 0) is 6.54 Å². The fourth-order valence-corrected chi connectivity index (χ4v) is 4.18. The Balaban J connectivity index is 1.52. The first-order valence-corrected chi connectivity index (χ1v) is 9.97. The van der Waals surface area contributed by atoms with Crippen LogP contribution < -0.4 is 19.9 Å². The molecule has 1 aliphatic rings. The van der Waals surface area contributed by atoms with Crippen LogP contribution in [0.2, 0.25) is 0 Å². The Morgan fingerprint density at radius 1 is 1.24 bits per heavy atom. The Labute approximate surface area is 169 Å². The first kappa shape index (κ1) is 19.3. The van der Waals surface area contributed by atoms with Gasteiger partial charge in [-0.05, 0) is 32.1 Å². The van der Waals surface area contributed by atoms with Crippen LogP contribution in [0.4, 0.5) is 5.95 Å². The molecule has 29 heavy (non-hydrogen) atoms. The van der Waals surface area contributed by atoms with Crippen molar-refractivity contribution in [2.24, 2.45) is 5.92 Å².